The Morgan fingerprint density at radius 1 is 0.477 bits per heavy atom. The first-order valence-corrected chi connectivity index (χ1v) is 17.7. The second kappa shape index (κ2) is 14.0. The molecule has 4 heterocycles. The van der Waals surface area contributed by atoms with Crippen molar-refractivity contribution in [1.29, 1.82) is 0 Å². The van der Waals surface area contributed by atoms with Gasteiger partial charge in [0.15, 0.2) is 0 Å². The van der Waals surface area contributed by atoms with Crippen LogP contribution in [-0.4, -0.2) is 19.9 Å². The normalized spacial score (nSPS) is 10.7. The molecule has 8 heteroatoms. The minimum Gasteiger partial charge on any atom is -0.244 e. The van der Waals surface area contributed by atoms with Gasteiger partial charge in [-0.1, -0.05) is 30.3 Å². The highest BCUT2D eigenvalue weighted by atomic mass is 32.1. The third kappa shape index (κ3) is 7.74. The molecule has 0 saturated carbocycles. The predicted molar refractivity (Wildman–Crippen MR) is 196 cm³/mol. The van der Waals surface area contributed by atoms with Crippen LogP contribution < -0.4 is 0 Å². The van der Waals surface area contributed by atoms with E-state index in [0.29, 0.717) is 0 Å². The summed E-state index contributed by atoms with van der Waals surface area (Å²) in [4.78, 5) is 17.5. The molecule has 0 radical (unpaired) electrons. The lowest BCUT2D eigenvalue weighted by Crippen LogP contribution is -1.80. The summed E-state index contributed by atoms with van der Waals surface area (Å²) in [7, 11) is 0. The van der Waals surface area contributed by atoms with Crippen LogP contribution >= 0.6 is 45.3 Å². The van der Waals surface area contributed by atoms with Crippen LogP contribution in [0.3, 0.4) is 0 Å². The van der Waals surface area contributed by atoms with Gasteiger partial charge in [-0.25, -0.2) is 19.9 Å². The molecular weight excluding hydrogens is 617 g/mol. The van der Waals surface area contributed by atoms with E-state index in [2.05, 4.69) is 121 Å². The number of hydrogen-bond donors (Lipinski definition) is 0. The maximum Gasteiger partial charge on any atom is 0.0907 e. The molecule has 4 aromatic carbocycles. The molecule has 224 valence electrons. The van der Waals surface area contributed by atoms with E-state index in [-0.39, 0.29) is 0 Å². The summed E-state index contributed by atoms with van der Waals surface area (Å²) in [6.45, 7) is 16.7. The van der Waals surface area contributed by atoms with Gasteiger partial charge in [0, 0.05) is 0 Å². The monoisotopic (exact) mass is 652 g/mol. The van der Waals surface area contributed by atoms with Crippen LogP contribution in [0.25, 0.3) is 40.9 Å². The van der Waals surface area contributed by atoms with Crippen molar-refractivity contribution in [3.63, 3.8) is 0 Å². The van der Waals surface area contributed by atoms with Gasteiger partial charge < -0.3 is 0 Å². The molecule has 0 aliphatic heterocycles. The van der Waals surface area contributed by atoms with Crippen molar-refractivity contribution in [1.82, 2.24) is 19.9 Å². The molecule has 4 nitrogen and oxygen atoms in total. The lowest BCUT2D eigenvalue weighted by Gasteiger charge is -1.97. The Morgan fingerprint density at radius 3 is 1.89 bits per heavy atom. The summed E-state index contributed by atoms with van der Waals surface area (Å²) in [5.74, 6) is 0. The highest BCUT2D eigenvalue weighted by Gasteiger charge is 2.02. The van der Waals surface area contributed by atoms with Crippen LogP contribution in [-0.2, 0) is 0 Å². The van der Waals surface area contributed by atoms with E-state index in [9.17, 15) is 0 Å². The molecule has 0 spiro atoms. The first-order valence-electron chi connectivity index (χ1n) is 14.4. The zero-order valence-electron chi connectivity index (χ0n) is 26.4. The topological polar surface area (TPSA) is 51.6 Å². The van der Waals surface area contributed by atoms with Crippen molar-refractivity contribution in [2.24, 2.45) is 0 Å². The molecule has 0 aliphatic rings. The van der Waals surface area contributed by atoms with Crippen molar-refractivity contribution in [2.75, 3.05) is 0 Å². The van der Waals surface area contributed by atoms with Crippen LogP contribution in [0.5, 0.6) is 0 Å². The van der Waals surface area contributed by atoms with E-state index in [4.69, 9.17) is 0 Å². The standard InChI is InChI=1S/4C9H9NS/c1-6-3-4-8-9(7(6)2)10-5-11-8;1-6-3-4-9-8(5-6)10-7(2)11-9;1-6-3-4-8-9(5-6)11-7(2)10-8;1-6-4-3-5-8-9(6)10-7(2)11-8/h4*3-5H,1-2H3. The predicted octanol–water partition coefficient (Wildman–Crippen LogP) is 11.7. The number of thiazole rings is 4. The van der Waals surface area contributed by atoms with Crippen molar-refractivity contribution < 1.29 is 0 Å². The van der Waals surface area contributed by atoms with Crippen molar-refractivity contribution in [3.8, 4) is 0 Å². The van der Waals surface area contributed by atoms with Crippen LogP contribution in [0.1, 0.15) is 42.8 Å². The highest BCUT2D eigenvalue weighted by Crippen LogP contribution is 2.25. The largest absolute Gasteiger partial charge is 0.244 e. The number of hydrogen-bond acceptors (Lipinski definition) is 8. The number of benzene rings is 4. The summed E-state index contributed by atoms with van der Waals surface area (Å²) in [5.41, 5.74) is 13.0. The summed E-state index contributed by atoms with van der Waals surface area (Å²) in [6, 6.07) is 23.3. The molecule has 0 saturated heterocycles. The Morgan fingerprint density at radius 2 is 1.11 bits per heavy atom. The molecule has 0 amide bonds. The summed E-state index contributed by atoms with van der Waals surface area (Å²) in [6.07, 6.45) is 0. The maximum absolute atomic E-state index is 4.43. The van der Waals surface area contributed by atoms with Gasteiger partial charge in [-0.15, -0.1) is 45.3 Å². The lowest BCUT2D eigenvalue weighted by atomic mass is 10.1. The van der Waals surface area contributed by atoms with Gasteiger partial charge in [0.1, 0.15) is 0 Å². The Kier molecular flexibility index (Phi) is 10.2. The van der Waals surface area contributed by atoms with E-state index in [1.165, 1.54) is 46.6 Å². The smallest absolute Gasteiger partial charge is 0.0907 e. The zero-order valence-corrected chi connectivity index (χ0v) is 29.6. The molecule has 0 aliphatic carbocycles. The van der Waals surface area contributed by atoms with Gasteiger partial charge in [0.2, 0.25) is 0 Å². The molecule has 4 aromatic heterocycles. The molecule has 0 atom stereocenters. The summed E-state index contributed by atoms with van der Waals surface area (Å²) in [5, 5.41) is 3.44. The van der Waals surface area contributed by atoms with E-state index < -0.39 is 0 Å². The summed E-state index contributed by atoms with van der Waals surface area (Å²) < 4.78 is 5.16. The van der Waals surface area contributed by atoms with Gasteiger partial charge in [0.25, 0.3) is 0 Å². The first-order chi connectivity index (χ1) is 21.1. The molecule has 0 fully saturated rings. The van der Waals surface area contributed by atoms with Gasteiger partial charge in [-0.05, 0) is 120 Å². The Hall–Kier alpha value is -3.56. The van der Waals surface area contributed by atoms with Crippen LogP contribution in [0.2, 0.25) is 0 Å². The van der Waals surface area contributed by atoms with Crippen molar-refractivity contribution >= 4 is 86.2 Å². The zero-order chi connectivity index (χ0) is 31.4. The Labute approximate surface area is 275 Å². The first kappa shape index (κ1) is 31.9. The minimum absolute atomic E-state index is 1.12. The van der Waals surface area contributed by atoms with Crippen molar-refractivity contribution in [3.05, 3.63) is 115 Å². The van der Waals surface area contributed by atoms with E-state index in [1.807, 2.05) is 26.3 Å². The number of para-hydroxylation sites is 1. The molecular formula is C36H36N4S4. The van der Waals surface area contributed by atoms with E-state index in [1.54, 1.807) is 45.3 Å². The number of fused-ring (bicyclic) bond motifs is 4. The van der Waals surface area contributed by atoms with E-state index >= 15 is 0 Å². The molecule has 44 heavy (non-hydrogen) atoms. The second-order valence-electron chi connectivity index (χ2n) is 10.8. The highest BCUT2D eigenvalue weighted by molar-refractivity contribution is 7.19. The Balaban J connectivity index is 0.000000116. The lowest BCUT2D eigenvalue weighted by molar-refractivity contribution is 1.32. The van der Waals surface area contributed by atoms with E-state index in [0.717, 1.165) is 37.1 Å². The fourth-order valence-electron chi connectivity index (χ4n) is 4.66. The number of aryl methyl sites for hydroxylation is 8. The van der Waals surface area contributed by atoms with Crippen LogP contribution in [0.15, 0.2) is 72.2 Å². The van der Waals surface area contributed by atoms with Crippen LogP contribution in [0.4, 0.5) is 0 Å². The number of nitrogens with zero attached hydrogens (tertiary/aromatic N) is 4. The number of aromatic nitrogens is 4. The van der Waals surface area contributed by atoms with Gasteiger partial charge in [0.05, 0.1) is 61.4 Å². The fraction of sp³-hybridized carbons (Fsp3) is 0.222. The maximum atomic E-state index is 4.43. The van der Waals surface area contributed by atoms with Crippen molar-refractivity contribution in [2.45, 2.75) is 55.4 Å². The third-order valence-corrected chi connectivity index (χ3v) is 10.7. The average Bonchev–Trinajstić information content (AvgIpc) is 3.76. The SMILES string of the molecule is Cc1ccc2nc(C)sc2c1.Cc1ccc2sc(C)nc2c1.Cc1ccc2scnc2c1C.Cc1nc2c(C)cccc2s1. The average molecular weight is 653 g/mol. The third-order valence-electron chi connectivity index (χ3n) is 7.05. The molecule has 0 bridgehead atoms. The second-order valence-corrected chi connectivity index (χ2v) is 15.4. The molecule has 0 N–H and O–H groups in total. The Bertz CT molecular complexity index is 2100. The van der Waals surface area contributed by atoms with Crippen LogP contribution in [0, 0.1) is 55.4 Å². The number of rotatable bonds is 0. The summed E-state index contributed by atoms with van der Waals surface area (Å²) >= 11 is 6.96. The van der Waals surface area contributed by atoms with Gasteiger partial charge >= 0.3 is 0 Å². The van der Waals surface area contributed by atoms with Gasteiger partial charge in [-0.2, -0.15) is 0 Å². The molecule has 8 rings (SSSR count). The molecule has 0 unspecified atom stereocenters. The van der Waals surface area contributed by atoms with Gasteiger partial charge in [-0.3, -0.25) is 0 Å². The minimum atomic E-state index is 1.12. The fourth-order valence-corrected chi connectivity index (χ4v) is 8.04. The molecule has 8 aromatic rings. The quantitative estimate of drug-likeness (QED) is 0.164.